The Balaban J connectivity index is 1.71. The van der Waals surface area contributed by atoms with Gasteiger partial charge in [0.05, 0.1) is 18.8 Å². The topological polar surface area (TPSA) is 74.4 Å². The molecule has 5 rings (SSSR count). The van der Waals surface area contributed by atoms with Crippen LogP contribution in [0.15, 0.2) is 72.8 Å². The first kappa shape index (κ1) is 21.8. The highest BCUT2D eigenvalue weighted by molar-refractivity contribution is 6.03. The molecule has 0 spiro atoms. The van der Waals surface area contributed by atoms with Gasteiger partial charge in [-0.05, 0) is 36.2 Å². The fourth-order valence-corrected chi connectivity index (χ4v) is 4.77. The van der Waals surface area contributed by atoms with Crippen molar-refractivity contribution in [2.24, 2.45) is 0 Å². The van der Waals surface area contributed by atoms with Crippen LogP contribution < -0.4 is 10.1 Å². The molecule has 34 heavy (non-hydrogen) atoms. The molecule has 6 nitrogen and oxygen atoms in total. The number of rotatable bonds is 7. The van der Waals surface area contributed by atoms with Crippen LogP contribution in [0.2, 0.25) is 0 Å². The largest absolute Gasteiger partial charge is 0.497 e. The average molecular weight is 454 g/mol. The van der Waals surface area contributed by atoms with Gasteiger partial charge in [0.15, 0.2) is 0 Å². The Morgan fingerprint density at radius 3 is 2.68 bits per heavy atom. The molecule has 3 aromatic carbocycles. The summed E-state index contributed by atoms with van der Waals surface area (Å²) < 4.78 is 5.47. The van der Waals surface area contributed by atoms with Gasteiger partial charge in [-0.3, -0.25) is 9.59 Å². The Kier molecular flexibility index (Phi) is 5.80. The van der Waals surface area contributed by atoms with Crippen LogP contribution in [0.4, 0.5) is 0 Å². The van der Waals surface area contributed by atoms with Gasteiger partial charge in [-0.2, -0.15) is 0 Å². The van der Waals surface area contributed by atoms with Gasteiger partial charge in [-0.1, -0.05) is 55.5 Å². The highest BCUT2D eigenvalue weighted by Gasteiger charge is 2.40. The lowest BCUT2D eigenvalue weighted by molar-refractivity contribution is -0.122. The minimum atomic E-state index is -0.395. The molecule has 1 aromatic heterocycles. The Hall–Kier alpha value is -4.06. The lowest BCUT2D eigenvalue weighted by atomic mass is 9.93. The van der Waals surface area contributed by atoms with E-state index in [9.17, 15) is 9.59 Å². The van der Waals surface area contributed by atoms with Crippen LogP contribution in [0.25, 0.3) is 22.2 Å². The average Bonchev–Trinajstić information content (AvgIpc) is 3.38. The number of carbonyl (C=O) groups excluding carboxylic acids is 2. The van der Waals surface area contributed by atoms with E-state index in [1.54, 1.807) is 12.0 Å². The summed E-state index contributed by atoms with van der Waals surface area (Å²) in [4.78, 5) is 31.5. The number of nitrogens with one attached hydrogen (secondary N) is 2. The van der Waals surface area contributed by atoms with E-state index >= 15 is 0 Å². The second-order valence-corrected chi connectivity index (χ2v) is 8.46. The molecule has 0 radical (unpaired) electrons. The molecule has 2 heterocycles. The van der Waals surface area contributed by atoms with Crippen molar-refractivity contribution >= 4 is 22.7 Å². The first-order valence-electron chi connectivity index (χ1n) is 11.5. The Morgan fingerprint density at radius 2 is 1.85 bits per heavy atom. The van der Waals surface area contributed by atoms with Crippen LogP contribution in [-0.4, -0.2) is 41.9 Å². The van der Waals surface area contributed by atoms with Crippen LogP contribution in [0.3, 0.4) is 0 Å². The van der Waals surface area contributed by atoms with Crippen molar-refractivity contribution in [2.45, 2.75) is 19.4 Å². The number of ether oxygens (including phenoxy) is 1. The molecule has 1 aliphatic rings. The molecule has 0 aliphatic carbocycles. The van der Waals surface area contributed by atoms with Gasteiger partial charge in [0.25, 0.3) is 5.91 Å². The van der Waals surface area contributed by atoms with Crippen molar-refractivity contribution in [1.82, 2.24) is 15.2 Å². The third kappa shape index (κ3) is 3.71. The molecule has 172 valence electrons. The summed E-state index contributed by atoms with van der Waals surface area (Å²) in [7, 11) is 1.65. The van der Waals surface area contributed by atoms with Crippen molar-refractivity contribution in [3.8, 4) is 17.0 Å². The van der Waals surface area contributed by atoms with E-state index in [0.717, 1.165) is 45.5 Å². The Morgan fingerprint density at radius 1 is 1.06 bits per heavy atom. The predicted octanol–water partition coefficient (Wildman–Crippen LogP) is 4.91. The zero-order chi connectivity index (χ0) is 23.7. The maximum Gasteiger partial charge on any atom is 0.255 e. The molecule has 1 atom stereocenters. The fraction of sp³-hybridized carbons (Fsp3) is 0.214. The first-order chi connectivity index (χ1) is 16.6. The van der Waals surface area contributed by atoms with Crippen molar-refractivity contribution in [2.75, 3.05) is 20.2 Å². The summed E-state index contributed by atoms with van der Waals surface area (Å²) >= 11 is 0. The van der Waals surface area contributed by atoms with E-state index in [1.165, 1.54) is 0 Å². The third-order valence-corrected chi connectivity index (χ3v) is 6.32. The number of aromatic amines is 1. The van der Waals surface area contributed by atoms with E-state index in [4.69, 9.17) is 4.74 Å². The molecule has 2 amide bonds. The second kappa shape index (κ2) is 9.06. The maximum absolute atomic E-state index is 13.5. The Labute approximate surface area is 198 Å². The van der Waals surface area contributed by atoms with Crippen molar-refractivity contribution in [3.63, 3.8) is 0 Å². The molecular formula is C28H27N3O3. The van der Waals surface area contributed by atoms with Crippen LogP contribution in [0.5, 0.6) is 5.75 Å². The summed E-state index contributed by atoms with van der Waals surface area (Å²) in [6, 6.07) is 23.2. The molecule has 1 aliphatic heterocycles. The van der Waals surface area contributed by atoms with E-state index in [0.29, 0.717) is 12.1 Å². The number of para-hydroxylation sites is 1. The number of hydrogen-bond acceptors (Lipinski definition) is 3. The number of H-pyrrole nitrogens is 1. The summed E-state index contributed by atoms with van der Waals surface area (Å²) in [5, 5.41) is 3.94. The highest BCUT2D eigenvalue weighted by Crippen LogP contribution is 2.45. The van der Waals surface area contributed by atoms with Crippen LogP contribution >= 0.6 is 0 Å². The van der Waals surface area contributed by atoms with Gasteiger partial charge >= 0.3 is 0 Å². The molecule has 4 aromatic rings. The van der Waals surface area contributed by atoms with E-state index in [1.807, 2.05) is 73.7 Å². The smallest absolute Gasteiger partial charge is 0.255 e. The normalized spacial score (nSPS) is 14.9. The molecule has 6 heteroatoms. The van der Waals surface area contributed by atoms with Crippen molar-refractivity contribution in [3.05, 3.63) is 89.5 Å². The standard InChI is InChI=1S/C28H27N3O3/c1-3-15-29-24(32)17-31-27(20-11-4-5-12-21(20)28(31)33)25-22-13-6-7-14-23(22)30-26(25)18-9-8-10-19(16-18)34-2/h4-14,16,27,30H,3,15,17H2,1-2H3,(H,29,32)/t27-/m1/s1. The first-order valence-corrected chi connectivity index (χ1v) is 11.5. The van der Waals surface area contributed by atoms with Gasteiger partial charge in [0, 0.05) is 34.1 Å². The number of methoxy groups -OCH3 is 1. The number of nitrogens with zero attached hydrogens (tertiary/aromatic N) is 1. The number of carbonyl (C=O) groups is 2. The molecule has 2 N–H and O–H groups in total. The second-order valence-electron chi connectivity index (χ2n) is 8.46. The molecular weight excluding hydrogens is 426 g/mol. The summed E-state index contributed by atoms with van der Waals surface area (Å²) in [6.45, 7) is 2.59. The number of hydrogen-bond donors (Lipinski definition) is 2. The summed E-state index contributed by atoms with van der Waals surface area (Å²) in [5.74, 6) is 0.464. The van der Waals surface area contributed by atoms with Gasteiger partial charge in [-0.25, -0.2) is 0 Å². The predicted molar refractivity (Wildman–Crippen MR) is 133 cm³/mol. The van der Waals surface area contributed by atoms with E-state index in [2.05, 4.69) is 16.4 Å². The van der Waals surface area contributed by atoms with Crippen LogP contribution in [0.1, 0.15) is 40.9 Å². The van der Waals surface area contributed by atoms with Gasteiger partial charge in [0.2, 0.25) is 5.91 Å². The molecule has 0 fully saturated rings. The highest BCUT2D eigenvalue weighted by atomic mass is 16.5. The summed E-state index contributed by atoms with van der Waals surface area (Å²) in [5.41, 5.74) is 5.36. The van der Waals surface area contributed by atoms with Crippen LogP contribution in [-0.2, 0) is 4.79 Å². The lowest BCUT2D eigenvalue weighted by Gasteiger charge is -2.26. The van der Waals surface area contributed by atoms with Gasteiger partial charge in [0.1, 0.15) is 12.3 Å². The third-order valence-electron chi connectivity index (χ3n) is 6.32. The molecule has 0 saturated heterocycles. The van der Waals surface area contributed by atoms with E-state index in [-0.39, 0.29) is 18.4 Å². The minimum Gasteiger partial charge on any atom is -0.497 e. The SMILES string of the molecule is CCCNC(=O)CN1C(=O)c2ccccc2[C@@H]1c1c(-c2cccc(OC)c2)[nH]c2ccccc12. The summed E-state index contributed by atoms with van der Waals surface area (Å²) in [6.07, 6.45) is 0.839. The lowest BCUT2D eigenvalue weighted by Crippen LogP contribution is -2.39. The van der Waals surface area contributed by atoms with Crippen molar-refractivity contribution in [1.29, 1.82) is 0 Å². The van der Waals surface area contributed by atoms with Gasteiger partial charge in [-0.15, -0.1) is 0 Å². The Bertz CT molecular complexity index is 1370. The number of amides is 2. The maximum atomic E-state index is 13.5. The van der Waals surface area contributed by atoms with Crippen molar-refractivity contribution < 1.29 is 14.3 Å². The zero-order valence-corrected chi connectivity index (χ0v) is 19.3. The number of benzene rings is 3. The van der Waals surface area contributed by atoms with E-state index < -0.39 is 6.04 Å². The molecule has 0 unspecified atom stereocenters. The van der Waals surface area contributed by atoms with Crippen LogP contribution in [0, 0.1) is 0 Å². The minimum absolute atomic E-state index is 0.00472. The molecule has 0 bridgehead atoms. The fourth-order valence-electron chi connectivity index (χ4n) is 4.77. The van der Waals surface area contributed by atoms with Gasteiger partial charge < -0.3 is 19.9 Å². The number of fused-ring (bicyclic) bond motifs is 2. The number of aromatic nitrogens is 1. The quantitative estimate of drug-likeness (QED) is 0.417. The zero-order valence-electron chi connectivity index (χ0n) is 19.3. The molecule has 0 saturated carbocycles. The monoisotopic (exact) mass is 453 g/mol.